The lowest BCUT2D eigenvalue weighted by atomic mass is 10.1. The van der Waals surface area contributed by atoms with Crippen molar-refractivity contribution in [1.82, 2.24) is 5.32 Å². The molecular formula is C18H19NO3. The summed E-state index contributed by atoms with van der Waals surface area (Å²) in [6, 6.07) is 13.2. The van der Waals surface area contributed by atoms with E-state index in [9.17, 15) is 9.59 Å². The monoisotopic (exact) mass is 297 g/mol. The summed E-state index contributed by atoms with van der Waals surface area (Å²) < 4.78 is 5.15. The molecule has 4 heteroatoms. The molecule has 3 rings (SSSR count). The Bertz CT molecular complexity index is 701. The maximum absolute atomic E-state index is 12.2. The van der Waals surface area contributed by atoms with E-state index in [2.05, 4.69) is 5.32 Å². The normalized spacial score (nSPS) is 15.3. The van der Waals surface area contributed by atoms with Crippen LogP contribution in [0.4, 0.5) is 0 Å². The lowest BCUT2D eigenvalue weighted by Gasteiger charge is -2.13. The van der Waals surface area contributed by atoms with Crippen LogP contribution in [0.5, 0.6) is 0 Å². The lowest BCUT2D eigenvalue weighted by Crippen LogP contribution is -2.37. The van der Waals surface area contributed by atoms with Crippen molar-refractivity contribution in [3.8, 4) is 0 Å². The zero-order valence-corrected chi connectivity index (χ0v) is 12.5. The molecule has 0 bridgehead atoms. The van der Waals surface area contributed by atoms with Crippen LogP contribution in [0, 0.1) is 5.92 Å². The lowest BCUT2D eigenvalue weighted by molar-refractivity contribution is -0.124. The van der Waals surface area contributed by atoms with E-state index < -0.39 is 5.97 Å². The number of carbonyl (C=O) groups excluding carboxylic acids is 2. The number of esters is 1. The number of hydrogen-bond donors (Lipinski definition) is 1. The van der Waals surface area contributed by atoms with Crippen molar-refractivity contribution < 1.29 is 14.3 Å². The van der Waals surface area contributed by atoms with Gasteiger partial charge in [-0.2, -0.15) is 0 Å². The van der Waals surface area contributed by atoms with Gasteiger partial charge in [-0.3, -0.25) is 4.79 Å². The summed E-state index contributed by atoms with van der Waals surface area (Å²) in [5, 5.41) is 4.68. The van der Waals surface area contributed by atoms with Crippen molar-refractivity contribution in [2.75, 3.05) is 6.61 Å². The van der Waals surface area contributed by atoms with E-state index >= 15 is 0 Å². The molecule has 1 fully saturated rings. The molecule has 1 atom stereocenters. The van der Waals surface area contributed by atoms with E-state index in [0.717, 1.165) is 23.6 Å². The molecule has 0 heterocycles. The van der Waals surface area contributed by atoms with Crippen molar-refractivity contribution in [2.24, 2.45) is 5.92 Å². The van der Waals surface area contributed by atoms with E-state index in [1.807, 2.05) is 43.3 Å². The highest BCUT2D eigenvalue weighted by Gasteiger charge is 2.29. The van der Waals surface area contributed by atoms with Crippen LogP contribution < -0.4 is 5.32 Å². The Hall–Kier alpha value is -2.36. The van der Waals surface area contributed by atoms with Gasteiger partial charge in [0.2, 0.25) is 0 Å². The number of benzene rings is 2. The maximum Gasteiger partial charge on any atom is 0.339 e. The molecule has 2 aromatic rings. The molecule has 0 spiro atoms. The smallest absolute Gasteiger partial charge is 0.339 e. The van der Waals surface area contributed by atoms with Crippen molar-refractivity contribution in [3.63, 3.8) is 0 Å². The molecule has 22 heavy (non-hydrogen) atoms. The molecule has 0 aromatic heterocycles. The van der Waals surface area contributed by atoms with Gasteiger partial charge in [0.1, 0.15) is 0 Å². The van der Waals surface area contributed by atoms with Gasteiger partial charge in [0, 0.05) is 6.04 Å². The predicted molar refractivity (Wildman–Crippen MR) is 84.6 cm³/mol. The molecule has 1 N–H and O–H groups in total. The van der Waals surface area contributed by atoms with Gasteiger partial charge in [-0.05, 0) is 42.5 Å². The van der Waals surface area contributed by atoms with Gasteiger partial charge in [-0.25, -0.2) is 4.79 Å². The quantitative estimate of drug-likeness (QED) is 0.863. The first-order chi connectivity index (χ1) is 10.6. The van der Waals surface area contributed by atoms with E-state index in [1.165, 1.54) is 0 Å². The molecule has 1 aliphatic carbocycles. The summed E-state index contributed by atoms with van der Waals surface area (Å²) in [5.41, 5.74) is 0.487. The number of nitrogens with one attached hydrogen (secondary N) is 1. The summed E-state index contributed by atoms with van der Waals surface area (Å²) >= 11 is 0. The molecule has 0 aliphatic heterocycles. The van der Waals surface area contributed by atoms with Crippen molar-refractivity contribution in [3.05, 3.63) is 48.0 Å². The second-order valence-corrected chi connectivity index (χ2v) is 5.80. The van der Waals surface area contributed by atoms with Gasteiger partial charge in [0.15, 0.2) is 6.61 Å². The Morgan fingerprint density at radius 3 is 2.68 bits per heavy atom. The summed E-state index contributed by atoms with van der Waals surface area (Å²) in [7, 11) is 0. The highest BCUT2D eigenvalue weighted by molar-refractivity contribution is 6.04. The molecule has 0 unspecified atom stereocenters. The first kappa shape index (κ1) is 14.6. The third kappa shape index (κ3) is 3.27. The molecular weight excluding hydrogens is 278 g/mol. The van der Waals surface area contributed by atoms with E-state index in [4.69, 9.17) is 4.74 Å². The fraction of sp³-hybridized carbons (Fsp3) is 0.333. The Morgan fingerprint density at radius 1 is 1.18 bits per heavy atom. The fourth-order valence-corrected chi connectivity index (χ4v) is 2.62. The number of hydrogen-bond acceptors (Lipinski definition) is 3. The second-order valence-electron chi connectivity index (χ2n) is 5.80. The Kier molecular flexibility index (Phi) is 4.09. The molecule has 0 radical (unpaired) electrons. The molecule has 1 saturated carbocycles. The van der Waals surface area contributed by atoms with E-state index in [-0.39, 0.29) is 18.6 Å². The average Bonchev–Trinajstić information content (AvgIpc) is 3.37. The van der Waals surface area contributed by atoms with Crippen LogP contribution in [-0.2, 0) is 9.53 Å². The fourth-order valence-electron chi connectivity index (χ4n) is 2.62. The number of fused-ring (bicyclic) bond motifs is 1. The average molecular weight is 297 g/mol. The molecule has 1 aliphatic rings. The number of carbonyl (C=O) groups is 2. The van der Waals surface area contributed by atoms with Crippen molar-refractivity contribution in [2.45, 2.75) is 25.8 Å². The van der Waals surface area contributed by atoms with E-state index in [1.54, 1.807) is 6.07 Å². The van der Waals surface area contributed by atoms with Gasteiger partial charge < -0.3 is 10.1 Å². The highest BCUT2D eigenvalue weighted by Crippen LogP contribution is 2.32. The summed E-state index contributed by atoms with van der Waals surface area (Å²) in [6.45, 7) is 1.75. The van der Waals surface area contributed by atoms with Gasteiger partial charge >= 0.3 is 5.97 Å². The zero-order valence-electron chi connectivity index (χ0n) is 12.5. The van der Waals surface area contributed by atoms with Crippen LogP contribution >= 0.6 is 0 Å². The van der Waals surface area contributed by atoms with Crippen LogP contribution in [0.1, 0.15) is 30.1 Å². The molecule has 2 aromatic carbocycles. The van der Waals surface area contributed by atoms with Gasteiger partial charge in [-0.15, -0.1) is 0 Å². The topological polar surface area (TPSA) is 55.4 Å². The second kappa shape index (κ2) is 6.18. The molecule has 4 nitrogen and oxygen atoms in total. The van der Waals surface area contributed by atoms with Gasteiger partial charge in [0.25, 0.3) is 5.91 Å². The maximum atomic E-state index is 12.2. The Morgan fingerprint density at radius 2 is 1.91 bits per heavy atom. The van der Waals surface area contributed by atoms with Crippen LogP contribution in [0.15, 0.2) is 42.5 Å². The van der Waals surface area contributed by atoms with Crippen LogP contribution in [0.3, 0.4) is 0 Å². The third-order valence-electron chi connectivity index (χ3n) is 4.06. The Labute approximate surface area is 129 Å². The predicted octanol–water partition coefficient (Wildman–Crippen LogP) is 2.91. The van der Waals surface area contributed by atoms with Crippen LogP contribution in [0.25, 0.3) is 10.8 Å². The minimum Gasteiger partial charge on any atom is -0.452 e. The minimum absolute atomic E-state index is 0.156. The molecule has 1 amide bonds. The van der Waals surface area contributed by atoms with Gasteiger partial charge in [0.05, 0.1) is 5.56 Å². The number of rotatable bonds is 5. The van der Waals surface area contributed by atoms with E-state index in [0.29, 0.717) is 11.5 Å². The highest BCUT2D eigenvalue weighted by atomic mass is 16.5. The van der Waals surface area contributed by atoms with Crippen LogP contribution in [0.2, 0.25) is 0 Å². The zero-order chi connectivity index (χ0) is 15.5. The third-order valence-corrected chi connectivity index (χ3v) is 4.06. The van der Waals surface area contributed by atoms with Gasteiger partial charge in [-0.1, -0.05) is 36.4 Å². The van der Waals surface area contributed by atoms with Crippen LogP contribution in [-0.4, -0.2) is 24.5 Å². The minimum atomic E-state index is -0.467. The first-order valence-corrected chi connectivity index (χ1v) is 7.59. The van der Waals surface area contributed by atoms with Crippen molar-refractivity contribution in [1.29, 1.82) is 0 Å². The molecule has 0 saturated heterocycles. The Balaban J connectivity index is 1.62. The number of ether oxygens (including phenoxy) is 1. The number of amides is 1. The summed E-state index contributed by atoms with van der Waals surface area (Å²) in [5.74, 6) is -0.128. The molecule has 114 valence electrons. The SMILES string of the molecule is C[C@@H](NC(=O)COC(=O)c1cccc2ccccc12)C1CC1. The van der Waals surface area contributed by atoms with Crippen molar-refractivity contribution >= 4 is 22.6 Å². The summed E-state index contributed by atoms with van der Waals surface area (Å²) in [6.07, 6.45) is 2.33. The summed E-state index contributed by atoms with van der Waals surface area (Å²) in [4.78, 5) is 24.0. The first-order valence-electron chi connectivity index (χ1n) is 7.59. The largest absolute Gasteiger partial charge is 0.452 e. The standard InChI is InChI=1S/C18H19NO3/c1-12(13-9-10-13)19-17(20)11-22-18(21)16-8-4-6-14-5-2-3-7-15(14)16/h2-8,12-13H,9-11H2,1H3,(H,19,20)/t12-/m1/s1.